The van der Waals surface area contributed by atoms with Gasteiger partial charge < -0.3 is 14.2 Å². The fourth-order valence-corrected chi connectivity index (χ4v) is 4.69. The zero-order valence-electron chi connectivity index (χ0n) is 15.4. The number of hydrogen-bond acceptors (Lipinski definition) is 6. The molecule has 0 aliphatic heterocycles. The number of methoxy groups -OCH3 is 2. The number of rotatable bonds is 8. The first-order valence-corrected chi connectivity index (χ1v) is 10.3. The van der Waals surface area contributed by atoms with Gasteiger partial charge in [-0.2, -0.15) is 0 Å². The molecule has 0 aliphatic carbocycles. The number of ether oxygens (including phenoxy) is 3. The second kappa shape index (κ2) is 9.36. The molecule has 0 bridgehead atoms. The number of hydrogen-bond donors (Lipinski definition) is 0. The van der Waals surface area contributed by atoms with E-state index in [1.165, 1.54) is 32.4 Å². The molecule has 0 saturated carbocycles. The van der Waals surface area contributed by atoms with Crippen molar-refractivity contribution < 1.29 is 27.4 Å². The van der Waals surface area contributed by atoms with E-state index in [0.717, 1.165) is 4.31 Å². The Balaban J connectivity index is 2.65. The van der Waals surface area contributed by atoms with Crippen molar-refractivity contribution in [3.8, 4) is 11.5 Å². The predicted octanol–water partition coefficient (Wildman–Crippen LogP) is 3.77. The highest BCUT2D eigenvalue weighted by molar-refractivity contribution is 7.93. The molecule has 2 rings (SSSR count). The summed E-state index contributed by atoms with van der Waals surface area (Å²) in [4.78, 5) is 11.8. The molecule has 0 aromatic heterocycles. The standard InChI is InChI=1S/C18H19Cl2NO6S/c1-4-27-16(22)11-21(12-7-5-6-8-13(12)25-2)28(23,24)15-10-9-14(26-3)17(19)18(15)20/h5-10H,4,11H2,1-3H3. The molecule has 2 aromatic rings. The number of carbonyl (C=O) groups excluding carboxylic acids is 1. The van der Waals surface area contributed by atoms with E-state index in [0.29, 0.717) is 0 Å². The maximum Gasteiger partial charge on any atom is 0.326 e. The minimum atomic E-state index is -4.30. The summed E-state index contributed by atoms with van der Waals surface area (Å²) in [6.07, 6.45) is 0. The number of sulfonamides is 1. The van der Waals surface area contributed by atoms with Crippen LogP contribution in [0.25, 0.3) is 0 Å². The molecule has 2 aromatic carbocycles. The van der Waals surface area contributed by atoms with Gasteiger partial charge in [0.1, 0.15) is 28.0 Å². The van der Waals surface area contributed by atoms with Crippen molar-refractivity contribution in [1.29, 1.82) is 0 Å². The minimum absolute atomic E-state index is 0.0543. The van der Waals surface area contributed by atoms with Gasteiger partial charge >= 0.3 is 5.97 Å². The molecule has 10 heteroatoms. The Kier molecular flexibility index (Phi) is 7.40. The van der Waals surface area contributed by atoms with Crippen molar-refractivity contribution in [2.75, 3.05) is 31.7 Å². The van der Waals surface area contributed by atoms with Gasteiger partial charge in [-0.25, -0.2) is 8.42 Å². The Morgan fingerprint density at radius 2 is 1.64 bits per heavy atom. The van der Waals surface area contributed by atoms with Crippen LogP contribution in [0.5, 0.6) is 11.5 Å². The lowest BCUT2D eigenvalue weighted by atomic mass is 10.3. The maximum absolute atomic E-state index is 13.4. The first-order valence-electron chi connectivity index (χ1n) is 8.11. The Labute approximate surface area is 173 Å². The van der Waals surface area contributed by atoms with Crippen LogP contribution in [0.15, 0.2) is 41.3 Å². The summed E-state index contributed by atoms with van der Waals surface area (Å²) in [6, 6.07) is 9.02. The summed E-state index contributed by atoms with van der Waals surface area (Å²) in [6.45, 7) is 1.16. The quantitative estimate of drug-likeness (QED) is 0.572. The third-order valence-corrected chi connectivity index (χ3v) is 6.51. The molecule has 152 valence electrons. The molecule has 0 unspecified atom stereocenters. The topological polar surface area (TPSA) is 82.1 Å². The second-order valence-corrected chi connectivity index (χ2v) is 7.97. The van der Waals surface area contributed by atoms with Crippen molar-refractivity contribution in [2.24, 2.45) is 0 Å². The lowest BCUT2D eigenvalue weighted by Crippen LogP contribution is -2.37. The third-order valence-electron chi connectivity index (χ3n) is 3.73. The molecule has 0 heterocycles. The summed E-state index contributed by atoms with van der Waals surface area (Å²) in [7, 11) is -1.52. The molecule has 0 atom stereocenters. The van der Waals surface area contributed by atoms with Gasteiger partial charge in [0.05, 0.1) is 31.5 Å². The molecule has 7 nitrogen and oxygen atoms in total. The van der Waals surface area contributed by atoms with Crippen LogP contribution in [-0.4, -0.2) is 41.8 Å². The SMILES string of the molecule is CCOC(=O)CN(c1ccccc1OC)S(=O)(=O)c1ccc(OC)c(Cl)c1Cl. The highest BCUT2D eigenvalue weighted by Gasteiger charge is 2.32. The van der Waals surface area contributed by atoms with E-state index in [9.17, 15) is 13.2 Å². The average Bonchev–Trinajstić information content (AvgIpc) is 2.68. The van der Waals surface area contributed by atoms with E-state index in [-0.39, 0.29) is 38.7 Å². The van der Waals surface area contributed by atoms with E-state index in [1.54, 1.807) is 25.1 Å². The average molecular weight is 448 g/mol. The zero-order chi connectivity index (χ0) is 20.9. The first kappa shape index (κ1) is 22.1. The lowest BCUT2D eigenvalue weighted by molar-refractivity contribution is -0.141. The molecule has 28 heavy (non-hydrogen) atoms. The van der Waals surface area contributed by atoms with E-state index in [4.69, 9.17) is 37.4 Å². The summed E-state index contributed by atoms with van der Waals surface area (Å²) >= 11 is 12.3. The van der Waals surface area contributed by atoms with Crippen LogP contribution in [0, 0.1) is 0 Å². The van der Waals surface area contributed by atoms with Gasteiger partial charge in [-0.1, -0.05) is 35.3 Å². The number of carbonyl (C=O) groups is 1. The van der Waals surface area contributed by atoms with Crippen LogP contribution in [0.1, 0.15) is 6.92 Å². The molecule has 0 saturated heterocycles. The number of para-hydroxylation sites is 2. The summed E-state index contributed by atoms with van der Waals surface area (Å²) in [5.41, 5.74) is 0.154. The van der Waals surface area contributed by atoms with Crippen LogP contribution < -0.4 is 13.8 Å². The van der Waals surface area contributed by atoms with Crippen LogP contribution in [-0.2, 0) is 19.6 Å². The number of nitrogens with zero attached hydrogens (tertiary/aromatic N) is 1. The lowest BCUT2D eigenvalue weighted by Gasteiger charge is -2.25. The molecular weight excluding hydrogens is 429 g/mol. The van der Waals surface area contributed by atoms with Crippen molar-refractivity contribution in [3.63, 3.8) is 0 Å². The summed E-state index contributed by atoms with van der Waals surface area (Å²) in [5, 5.41) is -0.272. The van der Waals surface area contributed by atoms with Gasteiger partial charge in [0.15, 0.2) is 0 Å². The van der Waals surface area contributed by atoms with Crippen molar-refractivity contribution >= 4 is 44.9 Å². The normalized spacial score (nSPS) is 11.0. The summed E-state index contributed by atoms with van der Waals surface area (Å²) < 4.78 is 42.9. The van der Waals surface area contributed by atoms with Gasteiger partial charge in [-0.3, -0.25) is 9.10 Å². The monoisotopic (exact) mass is 447 g/mol. The molecular formula is C18H19Cl2NO6S. The Morgan fingerprint density at radius 3 is 2.25 bits per heavy atom. The highest BCUT2D eigenvalue weighted by atomic mass is 35.5. The fraction of sp³-hybridized carbons (Fsp3) is 0.278. The Bertz CT molecular complexity index is 965. The van der Waals surface area contributed by atoms with Crippen LogP contribution in [0.4, 0.5) is 5.69 Å². The molecule has 0 radical (unpaired) electrons. The Hall–Kier alpha value is -2.16. The molecule has 0 aliphatic rings. The zero-order valence-corrected chi connectivity index (χ0v) is 17.8. The van der Waals surface area contributed by atoms with Gasteiger partial charge in [0.2, 0.25) is 0 Å². The van der Waals surface area contributed by atoms with Gasteiger partial charge in [0, 0.05) is 0 Å². The van der Waals surface area contributed by atoms with Crippen molar-refractivity contribution in [1.82, 2.24) is 0 Å². The van der Waals surface area contributed by atoms with E-state index in [1.807, 2.05) is 0 Å². The third kappa shape index (κ3) is 4.45. The number of anilines is 1. The van der Waals surface area contributed by atoms with Crippen LogP contribution in [0.3, 0.4) is 0 Å². The Morgan fingerprint density at radius 1 is 1.00 bits per heavy atom. The number of halogens is 2. The van der Waals surface area contributed by atoms with E-state index < -0.39 is 22.5 Å². The molecule has 0 amide bonds. The largest absolute Gasteiger partial charge is 0.495 e. The fourth-order valence-electron chi connectivity index (χ4n) is 2.45. The number of esters is 1. The predicted molar refractivity (Wildman–Crippen MR) is 107 cm³/mol. The maximum atomic E-state index is 13.4. The smallest absolute Gasteiger partial charge is 0.326 e. The van der Waals surface area contributed by atoms with Crippen LogP contribution in [0.2, 0.25) is 10.0 Å². The van der Waals surface area contributed by atoms with Gasteiger partial charge in [-0.15, -0.1) is 0 Å². The highest BCUT2D eigenvalue weighted by Crippen LogP contribution is 2.40. The van der Waals surface area contributed by atoms with Crippen LogP contribution >= 0.6 is 23.2 Å². The van der Waals surface area contributed by atoms with E-state index in [2.05, 4.69) is 0 Å². The van der Waals surface area contributed by atoms with Crippen molar-refractivity contribution in [3.05, 3.63) is 46.4 Å². The molecule has 0 spiro atoms. The number of benzene rings is 2. The molecule has 0 fully saturated rings. The molecule has 0 N–H and O–H groups in total. The van der Waals surface area contributed by atoms with E-state index >= 15 is 0 Å². The minimum Gasteiger partial charge on any atom is -0.495 e. The second-order valence-electron chi connectivity index (χ2n) is 5.38. The van der Waals surface area contributed by atoms with Crippen molar-refractivity contribution in [2.45, 2.75) is 11.8 Å². The van der Waals surface area contributed by atoms with Gasteiger partial charge in [0.25, 0.3) is 10.0 Å². The van der Waals surface area contributed by atoms with Gasteiger partial charge in [-0.05, 0) is 31.2 Å². The summed E-state index contributed by atoms with van der Waals surface area (Å²) in [5.74, 6) is -0.251. The first-order chi connectivity index (χ1) is 13.3.